The van der Waals surface area contributed by atoms with Gasteiger partial charge in [-0.05, 0) is 36.4 Å². The van der Waals surface area contributed by atoms with Gasteiger partial charge in [0.2, 0.25) is 0 Å². The van der Waals surface area contributed by atoms with Gasteiger partial charge in [0.05, 0.1) is 6.26 Å². The largest absolute Gasteiger partial charge is 0.469 e. The fraction of sp³-hybridized carbons (Fsp3) is 0.353. The molecule has 1 aliphatic heterocycles. The number of halogens is 1. The number of hydrogen-bond acceptors (Lipinski definition) is 3. The Kier molecular flexibility index (Phi) is 5.08. The number of benzene rings is 1. The Bertz CT molecular complexity index is 631. The van der Waals surface area contributed by atoms with Gasteiger partial charge in [-0.15, -0.1) is 0 Å². The van der Waals surface area contributed by atoms with Crippen LogP contribution >= 0.6 is 11.6 Å². The summed E-state index contributed by atoms with van der Waals surface area (Å²) in [5, 5.41) is 0.764. The van der Waals surface area contributed by atoms with Crippen molar-refractivity contribution in [2.24, 2.45) is 10.7 Å². The van der Waals surface area contributed by atoms with E-state index in [1.165, 1.54) is 5.69 Å². The minimum absolute atomic E-state index is 0.618. The van der Waals surface area contributed by atoms with Crippen LogP contribution in [-0.4, -0.2) is 43.6 Å². The fourth-order valence-corrected chi connectivity index (χ4v) is 2.81. The van der Waals surface area contributed by atoms with Crippen LogP contribution < -0.4 is 10.6 Å². The molecule has 1 aliphatic rings. The minimum Gasteiger partial charge on any atom is -0.469 e. The highest BCUT2D eigenvalue weighted by molar-refractivity contribution is 6.30. The van der Waals surface area contributed by atoms with Crippen LogP contribution in [0.5, 0.6) is 0 Å². The van der Waals surface area contributed by atoms with Crippen LogP contribution in [-0.2, 0) is 6.42 Å². The molecule has 1 saturated heterocycles. The van der Waals surface area contributed by atoms with Gasteiger partial charge in [0.1, 0.15) is 5.76 Å². The Morgan fingerprint density at radius 2 is 1.87 bits per heavy atom. The van der Waals surface area contributed by atoms with Crippen LogP contribution in [0.4, 0.5) is 5.69 Å². The summed E-state index contributed by atoms with van der Waals surface area (Å²) in [7, 11) is 0. The third kappa shape index (κ3) is 4.20. The van der Waals surface area contributed by atoms with Crippen molar-refractivity contribution in [1.82, 2.24) is 4.90 Å². The van der Waals surface area contributed by atoms with Gasteiger partial charge in [-0.3, -0.25) is 4.99 Å². The summed E-state index contributed by atoms with van der Waals surface area (Å²) in [5.74, 6) is 1.56. The number of nitrogens with zero attached hydrogens (tertiary/aromatic N) is 3. The topological polar surface area (TPSA) is 58.0 Å². The van der Waals surface area contributed by atoms with Gasteiger partial charge < -0.3 is 20.0 Å². The first-order chi connectivity index (χ1) is 11.2. The average molecular weight is 333 g/mol. The second-order valence-electron chi connectivity index (χ2n) is 5.52. The summed E-state index contributed by atoms with van der Waals surface area (Å²) >= 11 is 5.94. The molecule has 2 heterocycles. The zero-order valence-corrected chi connectivity index (χ0v) is 13.7. The first-order valence-corrected chi connectivity index (χ1v) is 8.18. The molecule has 122 valence electrons. The van der Waals surface area contributed by atoms with E-state index in [0.717, 1.165) is 43.4 Å². The third-order valence-corrected chi connectivity index (χ3v) is 4.26. The first kappa shape index (κ1) is 15.7. The van der Waals surface area contributed by atoms with Crippen molar-refractivity contribution in [2.75, 3.05) is 37.6 Å². The van der Waals surface area contributed by atoms with Crippen molar-refractivity contribution >= 4 is 23.2 Å². The Labute approximate surface area is 141 Å². The van der Waals surface area contributed by atoms with E-state index in [-0.39, 0.29) is 0 Å². The number of nitrogens with two attached hydrogens (primary N) is 1. The molecule has 0 aliphatic carbocycles. The Hall–Kier alpha value is -2.14. The molecule has 0 atom stereocenters. The molecule has 0 bridgehead atoms. The standard InChI is InChI=1S/C17H21ClN4O/c18-14-3-5-15(6-4-14)21-9-11-22(12-10-21)17(19)20-8-7-16-2-1-13-23-16/h1-6,13H,7-12H2,(H2,19,20). The lowest BCUT2D eigenvalue weighted by atomic mass is 10.2. The number of hydrogen-bond donors (Lipinski definition) is 1. The molecule has 0 spiro atoms. The van der Waals surface area contributed by atoms with E-state index in [2.05, 4.69) is 26.9 Å². The monoisotopic (exact) mass is 332 g/mol. The summed E-state index contributed by atoms with van der Waals surface area (Å²) < 4.78 is 5.29. The highest BCUT2D eigenvalue weighted by Crippen LogP contribution is 2.19. The van der Waals surface area contributed by atoms with E-state index in [1.807, 2.05) is 24.3 Å². The molecule has 23 heavy (non-hydrogen) atoms. The lowest BCUT2D eigenvalue weighted by Gasteiger charge is -2.36. The van der Waals surface area contributed by atoms with Crippen LogP contribution in [0, 0.1) is 0 Å². The molecular formula is C17H21ClN4O. The Morgan fingerprint density at radius 1 is 1.13 bits per heavy atom. The number of rotatable bonds is 4. The summed E-state index contributed by atoms with van der Waals surface area (Å²) in [6.45, 7) is 4.25. The Balaban J connectivity index is 1.48. The maximum atomic E-state index is 6.10. The maximum Gasteiger partial charge on any atom is 0.191 e. The molecule has 2 aromatic rings. The second-order valence-corrected chi connectivity index (χ2v) is 5.96. The fourth-order valence-electron chi connectivity index (χ4n) is 2.68. The van der Waals surface area contributed by atoms with Crippen molar-refractivity contribution in [3.05, 3.63) is 53.4 Å². The van der Waals surface area contributed by atoms with Crippen molar-refractivity contribution in [3.63, 3.8) is 0 Å². The molecule has 2 N–H and O–H groups in total. The smallest absolute Gasteiger partial charge is 0.191 e. The predicted molar refractivity (Wildman–Crippen MR) is 94.1 cm³/mol. The highest BCUT2D eigenvalue weighted by Gasteiger charge is 2.18. The summed E-state index contributed by atoms with van der Waals surface area (Å²) in [6, 6.07) is 11.8. The van der Waals surface area contributed by atoms with E-state index in [0.29, 0.717) is 12.5 Å². The summed E-state index contributed by atoms with van der Waals surface area (Å²) in [6.07, 6.45) is 2.46. The lowest BCUT2D eigenvalue weighted by Crippen LogP contribution is -2.51. The van der Waals surface area contributed by atoms with Gasteiger partial charge >= 0.3 is 0 Å². The highest BCUT2D eigenvalue weighted by atomic mass is 35.5. The summed E-state index contributed by atoms with van der Waals surface area (Å²) in [4.78, 5) is 8.93. The van der Waals surface area contributed by atoms with Crippen LogP contribution in [0.1, 0.15) is 5.76 Å². The molecule has 5 nitrogen and oxygen atoms in total. The number of anilines is 1. The molecular weight excluding hydrogens is 312 g/mol. The lowest BCUT2D eigenvalue weighted by molar-refractivity contribution is 0.380. The first-order valence-electron chi connectivity index (χ1n) is 7.80. The molecule has 1 aromatic carbocycles. The van der Waals surface area contributed by atoms with Crippen molar-refractivity contribution in [3.8, 4) is 0 Å². The zero-order valence-electron chi connectivity index (χ0n) is 13.0. The van der Waals surface area contributed by atoms with Crippen LogP contribution in [0.2, 0.25) is 5.02 Å². The van der Waals surface area contributed by atoms with Gasteiger partial charge in [0, 0.05) is 49.9 Å². The number of aliphatic imine (C=N–C) groups is 1. The average Bonchev–Trinajstić information content (AvgIpc) is 3.09. The zero-order chi connectivity index (χ0) is 16.1. The van der Waals surface area contributed by atoms with E-state index in [9.17, 15) is 0 Å². The van der Waals surface area contributed by atoms with Crippen molar-refractivity contribution < 1.29 is 4.42 Å². The van der Waals surface area contributed by atoms with Crippen LogP contribution in [0.15, 0.2) is 52.1 Å². The molecule has 6 heteroatoms. The van der Waals surface area contributed by atoms with Gasteiger partial charge in [-0.2, -0.15) is 0 Å². The molecule has 0 saturated carbocycles. The van der Waals surface area contributed by atoms with E-state index >= 15 is 0 Å². The maximum absolute atomic E-state index is 6.10. The van der Waals surface area contributed by atoms with Crippen LogP contribution in [0.3, 0.4) is 0 Å². The molecule has 0 radical (unpaired) electrons. The predicted octanol–water partition coefficient (Wildman–Crippen LogP) is 2.61. The van der Waals surface area contributed by atoms with Crippen molar-refractivity contribution in [2.45, 2.75) is 6.42 Å². The van der Waals surface area contributed by atoms with E-state index in [1.54, 1.807) is 6.26 Å². The summed E-state index contributed by atoms with van der Waals surface area (Å²) in [5.41, 5.74) is 7.30. The van der Waals surface area contributed by atoms with Crippen molar-refractivity contribution in [1.29, 1.82) is 0 Å². The van der Waals surface area contributed by atoms with Crippen LogP contribution in [0.25, 0.3) is 0 Å². The Morgan fingerprint density at radius 3 is 2.52 bits per heavy atom. The van der Waals surface area contributed by atoms with Gasteiger partial charge in [0.15, 0.2) is 5.96 Å². The molecule has 3 rings (SSSR count). The third-order valence-electron chi connectivity index (χ3n) is 4.01. The molecule has 0 unspecified atom stereocenters. The van der Waals surface area contributed by atoms with E-state index in [4.69, 9.17) is 21.8 Å². The van der Waals surface area contributed by atoms with Gasteiger partial charge in [0.25, 0.3) is 0 Å². The number of piperazine rings is 1. The quantitative estimate of drug-likeness (QED) is 0.690. The number of guanidine groups is 1. The normalized spacial score (nSPS) is 16.0. The van der Waals surface area contributed by atoms with Gasteiger partial charge in [-0.1, -0.05) is 11.6 Å². The second kappa shape index (κ2) is 7.42. The van der Waals surface area contributed by atoms with E-state index < -0.39 is 0 Å². The molecule has 0 amide bonds. The molecule has 1 fully saturated rings. The van der Waals surface area contributed by atoms with Gasteiger partial charge in [-0.25, -0.2) is 0 Å². The minimum atomic E-state index is 0.618. The SMILES string of the molecule is NC(=NCCc1ccco1)N1CCN(c2ccc(Cl)cc2)CC1. The number of furan rings is 1. The molecule has 1 aromatic heterocycles.